The molecule has 0 saturated carbocycles. The van der Waals surface area contributed by atoms with E-state index in [1.54, 1.807) is 0 Å². The molecule has 0 radical (unpaired) electrons. The number of aryl methyl sites for hydroxylation is 1. The van der Waals surface area contributed by atoms with Crippen LogP contribution in [-0.4, -0.2) is 42.4 Å². The Labute approximate surface area is 171 Å². The third-order valence-corrected chi connectivity index (χ3v) is 5.66. The van der Waals surface area contributed by atoms with Crippen molar-refractivity contribution < 1.29 is 9.64 Å². The summed E-state index contributed by atoms with van der Waals surface area (Å²) in [6.07, 6.45) is 0.758. The summed E-state index contributed by atoms with van der Waals surface area (Å²) in [4.78, 5) is 19.1. The standard InChI is InChI=1S/C24H27N3O2/c1-18-8-10-21(11-9-18)27-19(2)23(20-6-4-3-5-7-20)24(28)25-22(27)12-13-26-14-16-29-17-15-26/h3-11H,12-17H2,1-2H3/p+1. The smallest absolute Gasteiger partial charge is 0.281 e. The van der Waals surface area contributed by atoms with E-state index in [1.807, 2.05) is 37.3 Å². The van der Waals surface area contributed by atoms with Gasteiger partial charge in [0.1, 0.15) is 18.9 Å². The minimum atomic E-state index is -0.149. The lowest BCUT2D eigenvalue weighted by atomic mass is 10.0. The molecule has 2 heterocycles. The molecule has 1 aliphatic rings. The molecule has 1 aromatic heterocycles. The van der Waals surface area contributed by atoms with Gasteiger partial charge >= 0.3 is 0 Å². The van der Waals surface area contributed by atoms with Gasteiger partial charge in [0.2, 0.25) is 0 Å². The van der Waals surface area contributed by atoms with Gasteiger partial charge in [0.25, 0.3) is 5.56 Å². The van der Waals surface area contributed by atoms with Crippen LogP contribution < -0.4 is 10.5 Å². The number of quaternary nitrogens is 1. The number of aromatic nitrogens is 2. The van der Waals surface area contributed by atoms with Crippen molar-refractivity contribution in [2.75, 3.05) is 32.8 Å². The monoisotopic (exact) mass is 390 g/mol. The van der Waals surface area contributed by atoms with Crippen molar-refractivity contribution in [1.29, 1.82) is 0 Å². The second-order valence-electron chi connectivity index (χ2n) is 7.69. The highest BCUT2D eigenvalue weighted by atomic mass is 16.5. The zero-order valence-electron chi connectivity index (χ0n) is 17.1. The first kappa shape index (κ1) is 19.6. The van der Waals surface area contributed by atoms with Crippen molar-refractivity contribution >= 4 is 0 Å². The third kappa shape index (κ3) is 4.31. The van der Waals surface area contributed by atoms with Gasteiger partial charge in [0, 0.05) is 11.4 Å². The Morgan fingerprint density at radius 2 is 1.69 bits per heavy atom. The van der Waals surface area contributed by atoms with Gasteiger partial charge in [-0.15, -0.1) is 0 Å². The maximum absolute atomic E-state index is 13.0. The maximum atomic E-state index is 13.0. The molecule has 1 saturated heterocycles. The molecule has 0 atom stereocenters. The molecule has 4 rings (SSSR count). The molecule has 3 aromatic rings. The third-order valence-electron chi connectivity index (χ3n) is 5.66. The summed E-state index contributed by atoms with van der Waals surface area (Å²) in [5.41, 5.74) is 4.63. The van der Waals surface area contributed by atoms with Crippen LogP contribution in [0.5, 0.6) is 0 Å². The summed E-state index contributed by atoms with van der Waals surface area (Å²) >= 11 is 0. The number of hydrogen-bond acceptors (Lipinski definition) is 3. The number of ether oxygens (including phenoxy) is 1. The first-order valence-corrected chi connectivity index (χ1v) is 10.3. The summed E-state index contributed by atoms with van der Waals surface area (Å²) in [6.45, 7) is 8.69. The van der Waals surface area contributed by atoms with Crippen LogP contribution in [0.1, 0.15) is 17.1 Å². The van der Waals surface area contributed by atoms with Gasteiger partial charge in [0.15, 0.2) is 0 Å². The highest BCUT2D eigenvalue weighted by molar-refractivity contribution is 5.65. The molecule has 5 nitrogen and oxygen atoms in total. The molecule has 5 heteroatoms. The van der Waals surface area contributed by atoms with E-state index >= 15 is 0 Å². The molecule has 1 fully saturated rings. The Kier molecular flexibility index (Phi) is 5.88. The van der Waals surface area contributed by atoms with E-state index in [1.165, 1.54) is 10.5 Å². The van der Waals surface area contributed by atoms with E-state index in [9.17, 15) is 4.79 Å². The number of morpholine rings is 1. The van der Waals surface area contributed by atoms with Crippen LogP contribution in [0.3, 0.4) is 0 Å². The fraction of sp³-hybridized carbons (Fsp3) is 0.333. The van der Waals surface area contributed by atoms with Gasteiger partial charge in [-0.3, -0.25) is 4.79 Å². The first-order valence-electron chi connectivity index (χ1n) is 10.3. The minimum absolute atomic E-state index is 0.149. The Balaban J connectivity index is 1.79. The fourth-order valence-corrected chi connectivity index (χ4v) is 4.02. The molecule has 1 N–H and O–H groups in total. The predicted octanol–water partition coefficient (Wildman–Crippen LogP) is 1.97. The molecular formula is C24H28N3O2+. The number of nitrogens with zero attached hydrogens (tertiary/aromatic N) is 2. The van der Waals surface area contributed by atoms with Crippen LogP contribution in [0, 0.1) is 13.8 Å². The van der Waals surface area contributed by atoms with Crippen molar-refractivity contribution in [3.8, 4) is 16.8 Å². The lowest BCUT2D eigenvalue weighted by molar-refractivity contribution is -0.907. The van der Waals surface area contributed by atoms with E-state index in [0.717, 1.165) is 62.0 Å². The maximum Gasteiger partial charge on any atom is 0.281 e. The molecule has 0 spiro atoms. The summed E-state index contributed by atoms with van der Waals surface area (Å²) in [7, 11) is 0. The van der Waals surface area contributed by atoms with Crippen molar-refractivity contribution in [1.82, 2.24) is 9.55 Å². The second-order valence-corrected chi connectivity index (χ2v) is 7.69. The summed E-state index contributed by atoms with van der Waals surface area (Å²) in [6, 6.07) is 18.2. The van der Waals surface area contributed by atoms with Crippen LogP contribution >= 0.6 is 0 Å². The van der Waals surface area contributed by atoms with Crippen LogP contribution in [0.4, 0.5) is 0 Å². The molecular weight excluding hydrogens is 362 g/mol. The van der Waals surface area contributed by atoms with E-state index in [0.29, 0.717) is 5.56 Å². The average Bonchev–Trinajstić information content (AvgIpc) is 2.75. The van der Waals surface area contributed by atoms with Crippen LogP contribution in [0.25, 0.3) is 16.8 Å². The number of nitrogens with one attached hydrogen (secondary N) is 1. The Morgan fingerprint density at radius 1 is 1.00 bits per heavy atom. The highest BCUT2D eigenvalue weighted by Gasteiger charge is 2.19. The minimum Gasteiger partial charge on any atom is -0.370 e. The lowest BCUT2D eigenvalue weighted by Crippen LogP contribution is -3.14. The van der Waals surface area contributed by atoms with Crippen molar-refractivity contribution in [2.24, 2.45) is 0 Å². The van der Waals surface area contributed by atoms with Crippen molar-refractivity contribution in [3.63, 3.8) is 0 Å². The van der Waals surface area contributed by atoms with Crippen molar-refractivity contribution in [3.05, 3.63) is 82.0 Å². The summed E-state index contributed by atoms with van der Waals surface area (Å²) in [5, 5.41) is 0. The van der Waals surface area contributed by atoms with Gasteiger partial charge in [-0.25, -0.2) is 0 Å². The molecule has 0 amide bonds. The number of rotatable bonds is 5. The Morgan fingerprint density at radius 3 is 2.38 bits per heavy atom. The number of hydrogen-bond donors (Lipinski definition) is 1. The quantitative estimate of drug-likeness (QED) is 0.725. The normalized spacial score (nSPS) is 14.8. The lowest BCUT2D eigenvalue weighted by Gasteiger charge is -2.25. The predicted molar refractivity (Wildman–Crippen MR) is 115 cm³/mol. The first-order chi connectivity index (χ1) is 14.1. The summed E-state index contributed by atoms with van der Waals surface area (Å²) in [5.74, 6) is 0.829. The van der Waals surface area contributed by atoms with Crippen molar-refractivity contribution in [2.45, 2.75) is 20.3 Å². The largest absolute Gasteiger partial charge is 0.370 e. The Bertz CT molecular complexity index is 1020. The molecule has 1 aliphatic heterocycles. The fourth-order valence-electron chi connectivity index (χ4n) is 4.02. The van der Waals surface area contributed by atoms with Gasteiger partial charge in [-0.2, -0.15) is 4.98 Å². The van der Waals surface area contributed by atoms with E-state index in [-0.39, 0.29) is 5.56 Å². The van der Waals surface area contributed by atoms with Gasteiger partial charge < -0.3 is 14.2 Å². The van der Waals surface area contributed by atoms with E-state index < -0.39 is 0 Å². The topological polar surface area (TPSA) is 48.6 Å². The summed E-state index contributed by atoms with van der Waals surface area (Å²) < 4.78 is 7.62. The van der Waals surface area contributed by atoms with E-state index in [2.05, 4.69) is 40.7 Å². The molecule has 150 valence electrons. The molecule has 0 aliphatic carbocycles. The highest BCUT2D eigenvalue weighted by Crippen LogP contribution is 2.23. The molecule has 2 aromatic carbocycles. The van der Waals surface area contributed by atoms with Crippen LogP contribution in [0.2, 0.25) is 0 Å². The Hall–Kier alpha value is -2.76. The SMILES string of the molecule is Cc1ccc(-n2c(CC[NH+]3CCOCC3)nc(=O)c(-c3ccccc3)c2C)cc1. The zero-order valence-corrected chi connectivity index (χ0v) is 17.1. The molecule has 0 bridgehead atoms. The molecule has 29 heavy (non-hydrogen) atoms. The zero-order chi connectivity index (χ0) is 20.2. The van der Waals surface area contributed by atoms with Crippen LogP contribution in [0.15, 0.2) is 59.4 Å². The second kappa shape index (κ2) is 8.72. The van der Waals surface area contributed by atoms with Gasteiger partial charge in [-0.05, 0) is 31.5 Å². The molecule has 0 unspecified atom stereocenters. The van der Waals surface area contributed by atoms with Gasteiger partial charge in [0.05, 0.1) is 31.7 Å². The van der Waals surface area contributed by atoms with Crippen LogP contribution in [-0.2, 0) is 11.2 Å². The van der Waals surface area contributed by atoms with Gasteiger partial charge in [-0.1, -0.05) is 48.0 Å². The van der Waals surface area contributed by atoms with E-state index in [4.69, 9.17) is 4.74 Å². The number of benzene rings is 2. The average molecular weight is 391 g/mol.